The van der Waals surface area contributed by atoms with Crippen LogP contribution in [0.2, 0.25) is 0 Å². The van der Waals surface area contributed by atoms with Gasteiger partial charge < -0.3 is 30.3 Å². The molecule has 3 N–H and O–H groups in total. The number of rotatable bonds is 7. The molecule has 206 valence electrons. The summed E-state index contributed by atoms with van der Waals surface area (Å²) in [5.74, 6) is -1.62. The Morgan fingerprint density at radius 1 is 1.08 bits per heavy atom. The molecule has 0 aliphatic carbocycles. The fourth-order valence-electron chi connectivity index (χ4n) is 4.62. The van der Waals surface area contributed by atoms with E-state index in [1.54, 1.807) is 49.9 Å². The number of fused-ring (bicyclic) bond motifs is 1. The molecular formula is C27H31FN6O5. The minimum absolute atomic E-state index is 0.137. The maximum atomic E-state index is 14.7. The second kappa shape index (κ2) is 10.7. The number of aromatic nitrogens is 2. The van der Waals surface area contributed by atoms with Crippen molar-refractivity contribution < 1.29 is 28.2 Å². The zero-order valence-corrected chi connectivity index (χ0v) is 22.5. The van der Waals surface area contributed by atoms with Gasteiger partial charge in [-0.25, -0.2) is 4.39 Å². The quantitative estimate of drug-likeness (QED) is 0.435. The van der Waals surface area contributed by atoms with E-state index < -0.39 is 23.3 Å². The predicted octanol–water partition coefficient (Wildman–Crippen LogP) is 2.92. The zero-order valence-electron chi connectivity index (χ0n) is 22.5. The Bertz CT molecular complexity index is 1450. The molecular weight excluding hydrogens is 507 g/mol. The summed E-state index contributed by atoms with van der Waals surface area (Å²) in [4.78, 5) is 40.3. The molecule has 2 amide bonds. The van der Waals surface area contributed by atoms with E-state index in [1.807, 2.05) is 4.90 Å². The van der Waals surface area contributed by atoms with Crippen LogP contribution in [-0.4, -0.2) is 71.8 Å². The van der Waals surface area contributed by atoms with Crippen molar-refractivity contribution in [3.8, 4) is 5.75 Å². The SMILES string of the molecule is COc1cc2nnc(C(N)=O)c(Nc3ccc(C)cc3F)c2cc1N1CCN(C(=O)C(C)(C)OC(C)=O)CC1. The van der Waals surface area contributed by atoms with Gasteiger partial charge in [0.1, 0.15) is 11.6 Å². The summed E-state index contributed by atoms with van der Waals surface area (Å²) >= 11 is 0. The molecule has 0 spiro atoms. The van der Waals surface area contributed by atoms with Crippen LogP contribution in [-0.2, 0) is 14.3 Å². The summed E-state index contributed by atoms with van der Waals surface area (Å²) in [5, 5.41) is 11.6. The molecule has 0 radical (unpaired) electrons. The summed E-state index contributed by atoms with van der Waals surface area (Å²) in [6.07, 6.45) is 0. The fraction of sp³-hybridized carbons (Fsp3) is 0.370. The van der Waals surface area contributed by atoms with Crippen molar-refractivity contribution in [2.45, 2.75) is 33.3 Å². The van der Waals surface area contributed by atoms with Gasteiger partial charge in [-0.1, -0.05) is 6.07 Å². The third-order valence-corrected chi connectivity index (χ3v) is 6.50. The number of carbonyl (C=O) groups excluding carboxylic acids is 3. The molecule has 1 aliphatic rings. The van der Waals surface area contributed by atoms with Gasteiger partial charge >= 0.3 is 5.97 Å². The van der Waals surface area contributed by atoms with E-state index in [2.05, 4.69) is 15.5 Å². The highest BCUT2D eigenvalue weighted by molar-refractivity contribution is 6.07. The number of methoxy groups -OCH3 is 1. The molecule has 1 fully saturated rings. The second-order valence-corrected chi connectivity index (χ2v) is 9.82. The van der Waals surface area contributed by atoms with Crippen molar-refractivity contribution in [3.05, 3.63) is 47.4 Å². The highest BCUT2D eigenvalue weighted by Gasteiger charge is 2.36. The van der Waals surface area contributed by atoms with Gasteiger partial charge in [-0.3, -0.25) is 14.4 Å². The number of nitrogens with zero attached hydrogens (tertiary/aromatic N) is 4. The molecule has 39 heavy (non-hydrogen) atoms. The highest BCUT2D eigenvalue weighted by Crippen LogP contribution is 2.38. The van der Waals surface area contributed by atoms with Crippen LogP contribution in [0.4, 0.5) is 21.5 Å². The third-order valence-electron chi connectivity index (χ3n) is 6.50. The lowest BCUT2D eigenvalue weighted by Crippen LogP contribution is -2.55. The Balaban J connectivity index is 1.70. The van der Waals surface area contributed by atoms with Gasteiger partial charge in [-0.05, 0) is 44.5 Å². The molecule has 2 heterocycles. The van der Waals surface area contributed by atoms with Gasteiger partial charge in [0.15, 0.2) is 11.3 Å². The summed E-state index contributed by atoms with van der Waals surface area (Å²) in [5.41, 5.74) is 6.39. The Labute approximate surface area is 225 Å². The average Bonchev–Trinajstić information content (AvgIpc) is 2.88. The maximum Gasteiger partial charge on any atom is 0.303 e. The van der Waals surface area contributed by atoms with Gasteiger partial charge in [-0.15, -0.1) is 10.2 Å². The number of esters is 1. The van der Waals surface area contributed by atoms with Crippen molar-refractivity contribution in [3.63, 3.8) is 0 Å². The number of ether oxygens (including phenoxy) is 2. The number of aryl methyl sites for hydroxylation is 1. The number of carbonyl (C=O) groups is 3. The molecule has 0 saturated carbocycles. The maximum absolute atomic E-state index is 14.7. The third kappa shape index (κ3) is 5.69. The van der Waals surface area contributed by atoms with E-state index in [0.717, 1.165) is 5.56 Å². The summed E-state index contributed by atoms with van der Waals surface area (Å²) < 4.78 is 25.5. The second-order valence-electron chi connectivity index (χ2n) is 9.82. The number of hydrogen-bond donors (Lipinski definition) is 2. The normalized spacial score (nSPS) is 13.8. The van der Waals surface area contributed by atoms with Gasteiger partial charge in [-0.2, -0.15) is 0 Å². The minimum atomic E-state index is -1.27. The molecule has 0 atom stereocenters. The first-order valence-electron chi connectivity index (χ1n) is 12.4. The van der Waals surface area contributed by atoms with Crippen LogP contribution in [0.3, 0.4) is 0 Å². The number of piperazine rings is 1. The van der Waals surface area contributed by atoms with Crippen LogP contribution in [0.15, 0.2) is 30.3 Å². The van der Waals surface area contributed by atoms with Crippen molar-refractivity contribution in [1.29, 1.82) is 0 Å². The van der Waals surface area contributed by atoms with Crippen LogP contribution in [0.1, 0.15) is 36.8 Å². The summed E-state index contributed by atoms with van der Waals surface area (Å²) in [6, 6.07) is 8.15. The molecule has 0 bridgehead atoms. The Morgan fingerprint density at radius 2 is 1.77 bits per heavy atom. The molecule has 1 aromatic heterocycles. The number of anilines is 3. The van der Waals surface area contributed by atoms with E-state index in [-0.39, 0.29) is 23.0 Å². The van der Waals surface area contributed by atoms with Crippen molar-refractivity contribution in [1.82, 2.24) is 15.1 Å². The number of nitrogens with one attached hydrogen (secondary N) is 1. The van der Waals surface area contributed by atoms with Crippen molar-refractivity contribution in [2.24, 2.45) is 5.73 Å². The number of amides is 2. The first-order chi connectivity index (χ1) is 18.4. The first kappa shape index (κ1) is 27.6. The summed E-state index contributed by atoms with van der Waals surface area (Å²) in [6.45, 7) is 7.85. The monoisotopic (exact) mass is 538 g/mol. The highest BCUT2D eigenvalue weighted by atomic mass is 19.1. The predicted molar refractivity (Wildman–Crippen MR) is 144 cm³/mol. The molecule has 1 saturated heterocycles. The number of halogens is 1. The standard InChI is InChI=1S/C27H31FN6O5/c1-15-6-7-19(18(28)12-15)30-23-17-13-21(22(38-5)14-20(17)31-32-24(23)25(29)36)33-8-10-34(11-9-33)26(37)27(3,4)39-16(2)35/h6-7,12-14H,8-11H2,1-5H3,(H2,29,36)(H,30,31). The van der Waals surface area contributed by atoms with E-state index in [9.17, 15) is 18.8 Å². The van der Waals surface area contributed by atoms with E-state index >= 15 is 0 Å². The lowest BCUT2D eigenvalue weighted by molar-refractivity contribution is -0.168. The van der Waals surface area contributed by atoms with E-state index in [0.29, 0.717) is 48.5 Å². The topological polar surface area (TPSA) is 140 Å². The molecule has 0 unspecified atom stereocenters. The fourth-order valence-corrected chi connectivity index (χ4v) is 4.62. The number of primary amides is 1. The Morgan fingerprint density at radius 3 is 2.36 bits per heavy atom. The minimum Gasteiger partial charge on any atom is -0.495 e. The van der Waals surface area contributed by atoms with Crippen LogP contribution < -0.4 is 20.7 Å². The molecule has 12 heteroatoms. The van der Waals surface area contributed by atoms with Crippen molar-refractivity contribution in [2.75, 3.05) is 43.5 Å². The van der Waals surface area contributed by atoms with Crippen LogP contribution in [0.25, 0.3) is 10.9 Å². The van der Waals surface area contributed by atoms with Crippen molar-refractivity contribution >= 4 is 45.7 Å². The lowest BCUT2D eigenvalue weighted by Gasteiger charge is -2.39. The van der Waals surface area contributed by atoms with Crippen LogP contribution in [0, 0.1) is 12.7 Å². The summed E-state index contributed by atoms with van der Waals surface area (Å²) in [7, 11) is 1.53. The van der Waals surface area contributed by atoms with Gasteiger partial charge in [0.25, 0.3) is 11.8 Å². The van der Waals surface area contributed by atoms with E-state index in [4.69, 9.17) is 15.2 Å². The van der Waals surface area contributed by atoms with Crippen LogP contribution in [0.5, 0.6) is 5.75 Å². The zero-order chi connectivity index (χ0) is 28.5. The molecule has 4 rings (SSSR count). The average molecular weight is 539 g/mol. The van der Waals surface area contributed by atoms with Gasteiger partial charge in [0.05, 0.1) is 29.7 Å². The number of benzene rings is 2. The Hall–Kier alpha value is -4.48. The largest absolute Gasteiger partial charge is 0.495 e. The number of hydrogen-bond acceptors (Lipinski definition) is 9. The smallest absolute Gasteiger partial charge is 0.303 e. The molecule has 2 aromatic carbocycles. The molecule has 11 nitrogen and oxygen atoms in total. The lowest BCUT2D eigenvalue weighted by atomic mass is 10.1. The van der Waals surface area contributed by atoms with Gasteiger partial charge in [0, 0.05) is 44.6 Å². The molecule has 1 aliphatic heterocycles. The molecule has 3 aromatic rings. The van der Waals surface area contributed by atoms with Crippen LogP contribution >= 0.6 is 0 Å². The van der Waals surface area contributed by atoms with E-state index in [1.165, 1.54) is 20.1 Å². The van der Waals surface area contributed by atoms with Gasteiger partial charge in [0.2, 0.25) is 0 Å². The first-order valence-corrected chi connectivity index (χ1v) is 12.4. The Kier molecular flexibility index (Phi) is 7.57. The number of nitrogens with two attached hydrogens (primary N) is 1.